The van der Waals surface area contributed by atoms with Gasteiger partial charge in [-0.15, -0.1) is 0 Å². The first-order valence-electron chi connectivity index (χ1n) is 5.08. The number of aliphatic carboxylic acids is 1. The maximum absolute atomic E-state index is 10.9. The molecule has 0 saturated heterocycles. The highest BCUT2D eigenvalue weighted by Crippen LogP contribution is 2.10. The van der Waals surface area contributed by atoms with Gasteiger partial charge < -0.3 is 9.84 Å². The summed E-state index contributed by atoms with van der Waals surface area (Å²) in [5.74, 6) is -1.28. The Morgan fingerprint density at radius 3 is 2.60 bits per heavy atom. The van der Waals surface area contributed by atoms with Gasteiger partial charge in [-0.25, -0.2) is 0 Å². The topological polar surface area (TPSA) is 63.6 Å². The average Bonchev–Trinajstić information content (AvgIpc) is 2.20. The Balaban J connectivity index is 3.99. The van der Waals surface area contributed by atoms with Crippen LogP contribution in [-0.4, -0.2) is 23.7 Å². The Bertz CT molecular complexity index is 233. The number of carbonyl (C=O) groups is 2. The van der Waals surface area contributed by atoms with Crippen LogP contribution in [-0.2, 0) is 14.3 Å². The SMILES string of the molecule is CC=CCC(COC(=O)CC)CC(=O)O. The zero-order chi connectivity index (χ0) is 11.7. The van der Waals surface area contributed by atoms with Gasteiger partial charge in [-0.2, -0.15) is 0 Å². The van der Waals surface area contributed by atoms with E-state index in [1.165, 1.54) is 0 Å². The molecule has 1 unspecified atom stereocenters. The minimum absolute atomic E-state index is 0.0291. The summed E-state index contributed by atoms with van der Waals surface area (Å²) in [6.07, 6.45) is 4.72. The van der Waals surface area contributed by atoms with Gasteiger partial charge in [0, 0.05) is 12.3 Å². The van der Waals surface area contributed by atoms with Gasteiger partial charge in [-0.1, -0.05) is 19.1 Å². The summed E-state index contributed by atoms with van der Waals surface area (Å²) in [6.45, 7) is 3.76. The molecule has 0 aromatic carbocycles. The maximum atomic E-state index is 10.9. The molecule has 0 bridgehead atoms. The van der Waals surface area contributed by atoms with Crippen LogP contribution in [0.2, 0.25) is 0 Å². The number of rotatable bonds is 7. The molecule has 0 rings (SSSR count). The second kappa shape index (κ2) is 8.03. The normalized spacial score (nSPS) is 12.7. The fraction of sp³-hybridized carbons (Fsp3) is 0.636. The van der Waals surface area contributed by atoms with Crippen LogP contribution in [0.3, 0.4) is 0 Å². The van der Waals surface area contributed by atoms with Gasteiger partial charge in [0.1, 0.15) is 0 Å². The monoisotopic (exact) mass is 214 g/mol. The van der Waals surface area contributed by atoms with E-state index in [-0.39, 0.29) is 24.9 Å². The Morgan fingerprint density at radius 1 is 1.47 bits per heavy atom. The van der Waals surface area contributed by atoms with Crippen LogP contribution in [0, 0.1) is 5.92 Å². The standard InChI is InChI=1S/C11H18O4/c1-3-5-6-9(7-10(12)13)8-15-11(14)4-2/h3,5,9H,4,6-8H2,1-2H3,(H,12,13). The van der Waals surface area contributed by atoms with E-state index in [9.17, 15) is 9.59 Å². The lowest BCUT2D eigenvalue weighted by Crippen LogP contribution is -2.16. The molecular weight excluding hydrogens is 196 g/mol. The molecule has 0 amide bonds. The second-order valence-corrected chi connectivity index (χ2v) is 3.31. The number of allylic oxidation sites excluding steroid dienone is 2. The highest BCUT2D eigenvalue weighted by atomic mass is 16.5. The van der Waals surface area contributed by atoms with Crippen LogP contribution in [0.15, 0.2) is 12.2 Å². The van der Waals surface area contributed by atoms with Crippen LogP contribution < -0.4 is 0 Å². The fourth-order valence-corrected chi connectivity index (χ4v) is 1.10. The molecule has 0 radical (unpaired) electrons. The van der Waals surface area contributed by atoms with Gasteiger partial charge in [0.2, 0.25) is 0 Å². The van der Waals surface area contributed by atoms with Crippen molar-refractivity contribution < 1.29 is 19.4 Å². The molecule has 0 aliphatic carbocycles. The predicted molar refractivity (Wildman–Crippen MR) is 56.4 cm³/mol. The van der Waals surface area contributed by atoms with Crippen molar-refractivity contribution in [1.82, 2.24) is 0 Å². The number of carbonyl (C=O) groups excluding carboxylic acids is 1. The van der Waals surface area contributed by atoms with Crippen molar-refractivity contribution in [3.8, 4) is 0 Å². The number of ether oxygens (including phenoxy) is 1. The quantitative estimate of drug-likeness (QED) is 0.520. The molecule has 0 fully saturated rings. The summed E-state index contributed by atoms with van der Waals surface area (Å²) in [5, 5.41) is 8.64. The third kappa shape index (κ3) is 7.73. The van der Waals surface area contributed by atoms with Crippen LogP contribution >= 0.6 is 0 Å². The Kier molecular flexibility index (Phi) is 7.32. The second-order valence-electron chi connectivity index (χ2n) is 3.31. The first-order chi connectivity index (χ1) is 7.10. The summed E-state index contributed by atoms with van der Waals surface area (Å²) >= 11 is 0. The number of carboxylic acid groups (broad SMARTS) is 1. The lowest BCUT2D eigenvalue weighted by molar-refractivity contribution is -0.147. The van der Waals surface area contributed by atoms with Gasteiger partial charge in [-0.05, 0) is 13.3 Å². The number of esters is 1. The first-order valence-corrected chi connectivity index (χ1v) is 5.08. The van der Waals surface area contributed by atoms with Crippen molar-refractivity contribution in [3.63, 3.8) is 0 Å². The van der Waals surface area contributed by atoms with Gasteiger partial charge in [0.15, 0.2) is 0 Å². The summed E-state index contributed by atoms with van der Waals surface area (Å²) in [6, 6.07) is 0. The van der Waals surface area contributed by atoms with Crippen molar-refractivity contribution in [3.05, 3.63) is 12.2 Å². The van der Waals surface area contributed by atoms with Gasteiger partial charge in [0.05, 0.1) is 13.0 Å². The first kappa shape index (κ1) is 13.7. The molecule has 0 aliphatic heterocycles. The lowest BCUT2D eigenvalue weighted by atomic mass is 10.0. The van der Waals surface area contributed by atoms with Crippen molar-refractivity contribution in [2.45, 2.75) is 33.1 Å². The van der Waals surface area contributed by atoms with Crippen LogP contribution in [0.5, 0.6) is 0 Å². The summed E-state index contributed by atoms with van der Waals surface area (Å²) in [7, 11) is 0. The van der Waals surface area contributed by atoms with E-state index in [0.717, 1.165) is 0 Å². The molecule has 1 atom stereocenters. The zero-order valence-electron chi connectivity index (χ0n) is 9.23. The smallest absolute Gasteiger partial charge is 0.305 e. The van der Waals surface area contributed by atoms with Crippen LogP contribution in [0.4, 0.5) is 0 Å². The molecular formula is C11H18O4. The molecule has 0 aromatic heterocycles. The molecule has 15 heavy (non-hydrogen) atoms. The Labute approximate surface area is 89.9 Å². The van der Waals surface area contributed by atoms with Crippen molar-refractivity contribution in [2.24, 2.45) is 5.92 Å². The maximum Gasteiger partial charge on any atom is 0.305 e. The van der Waals surface area contributed by atoms with Crippen molar-refractivity contribution >= 4 is 11.9 Å². The average molecular weight is 214 g/mol. The molecule has 0 aromatic rings. The van der Waals surface area contributed by atoms with E-state index in [1.54, 1.807) is 6.92 Å². The lowest BCUT2D eigenvalue weighted by Gasteiger charge is -2.12. The van der Waals surface area contributed by atoms with E-state index < -0.39 is 5.97 Å². The minimum atomic E-state index is -0.864. The Hall–Kier alpha value is -1.32. The zero-order valence-corrected chi connectivity index (χ0v) is 9.23. The number of hydrogen-bond acceptors (Lipinski definition) is 3. The Morgan fingerprint density at radius 2 is 2.13 bits per heavy atom. The number of carboxylic acids is 1. The summed E-state index contributed by atoms with van der Waals surface area (Å²) in [4.78, 5) is 21.4. The molecule has 4 nitrogen and oxygen atoms in total. The summed E-state index contributed by atoms with van der Waals surface area (Å²) in [5.41, 5.74) is 0. The molecule has 4 heteroatoms. The molecule has 0 spiro atoms. The van der Waals surface area contributed by atoms with Gasteiger partial charge in [-0.3, -0.25) is 9.59 Å². The molecule has 0 aliphatic rings. The van der Waals surface area contributed by atoms with E-state index >= 15 is 0 Å². The molecule has 0 heterocycles. The number of hydrogen-bond donors (Lipinski definition) is 1. The highest BCUT2D eigenvalue weighted by molar-refractivity contribution is 5.69. The van der Waals surface area contributed by atoms with Gasteiger partial charge in [0.25, 0.3) is 0 Å². The fourth-order valence-electron chi connectivity index (χ4n) is 1.10. The minimum Gasteiger partial charge on any atom is -0.481 e. The van der Waals surface area contributed by atoms with E-state index in [4.69, 9.17) is 9.84 Å². The van der Waals surface area contributed by atoms with Crippen molar-refractivity contribution in [1.29, 1.82) is 0 Å². The molecule has 1 N–H and O–H groups in total. The largest absolute Gasteiger partial charge is 0.481 e. The summed E-state index contributed by atoms with van der Waals surface area (Å²) < 4.78 is 4.92. The predicted octanol–water partition coefficient (Wildman–Crippen LogP) is 2.00. The van der Waals surface area contributed by atoms with E-state index in [0.29, 0.717) is 12.8 Å². The van der Waals surface area contributed by atoms with Crippen LogP contribution in [0.1, 0.15) is 33.1 Å². The third-order valence-electron chi connectivity index (χ3n) is 1.94. The molecule has 0 saturated carbocycles. The van der Waals surface area contributed by atoms with E-state index in [2.05, 4.69) is 0 Å². The van der Waals surface area contributed by atoms with E-state index in [1.807, 2.05) is 19.1 Å². The van der Waals surface area contributed by atoms with Gasteiger partial charge >= 0.3 is 11.9 Å². The van der Waals surface area contributed by atoms with Crippen molar-refractivity contribution in [2.75, 3.05) is 6.61 Å². The third-order valence-corrected chi connectivity index (χ3v) is 1.94. The van der Waals surface area contributed by atoms with Crippen LogP contribution in [0.25, 0.3) is 0 Å². The highest BCUT2D eigenvalue weighted by Gasteiger charge is 2.13. The molecule has 86 valence electrons.